The summed E-state index contributed by atoms with van der Waals surface area (Å²) in [6.07, 6.45) is -13.1. The molecule has 0 heterocycles. The van der Waals surface area contributed by atoms with Crippen LogP contribution in [0.4, 0.5) is 0 Å². The molecule has 0 bridgehead atoms. The Morgan fingerprint density at radius 1 is 0.516 bits per heavy atom. The van der Waals surface area contributed by atoms with E-state index in [9.17, 15) is 0 Å². The van der Waals surface area contributed by atoms with Gasteiger partial charge in [-0.25, -0.2) is 6.39 Å². The van der Waals surface area contributed by atoms with Crippen LogP contribution in [0, 0.1) is 0 Å². The molecule has 31 heteroatoms. The third-order valence-corrected chi connectivity index (χ3v) is 6.43. The maximum absolute atomic E-state index is 8.55. The minimum Gasteiger partial charge on any atom is -0.687 e. The number of hydrogen-bond donors (Lipinski definition) is 1. The van der Waals surface area contributed by atoms with Crippen molar-refractivity contribution in [3.63, 3.8) is 0 Å². The van der Waals surface area contributed by atoms with Gasteiger partial charge in [0.2, 0.25) is 0 Å². The van der Waals surface area contributed by atoms with E-state index in [4.69, 9.17) is 117 Å². The van der Waals surface area contributed by atoms with Gasteiger partial charge < -0.3 is 11.2 Å². The highest BCUT2D eigenvalue weighted by molar-refractivity contribution is 14.1. The lowest BCUT2D eigenvalue weighted by atomic mass is 8.36. The summed E-state index contributed by atoms with van der Waals surface area (Å²) in [6.45, 7) is -0.988. The molecule has 0 unspecified atom stereocenters. The lowest BCUT2D eigenvalue weighted by Crippen LogP contribution is -2.87. The predicted molar refractivity (Wildman–Crippen MR) is 184 cm³/mol. The van der Waals surface area contributed by atoms with E-state index in [2.05, 4.69) is 0 Å². The van der Waals surface area contributed by atoms with Crippen LogP contribution in [0.1, 0.15) is 0 Å². The summed E-state index contributed by atoms with van der Waals surface area (Å²) < 4.78 is 9.58. The van der Waals surface area contributed by atoms with Gasteiger partial charge in [0.1, 0.15) is 8.04 Å². The molecule has 0 aromatic heterocycles. The first-order valence-corrected chi connectivity index (χ1v) is 10.7. The quantitative estimate of drug-likeness (QED) is 0.155. The van der Waals surface area contributed by atoms with Crippen LogP contribution in [0.5, 0.6) is 0 Å². The van der Waals surface area contributed by atoms with Gasteiger partial charge in [0.15, 0.2) is 0 Å². The normalized spacial score (nSPS) is 10.2. The van der Waals surface area contributed by atoms with Crippen LogP contribution in [-0.4, -0.2) is 206 Å². The Bertz CT molecular complexity index is 453. The molecule has 0 rings (SSSR count). The summed E-state index contributed by atoms with van der Waals surface area (Å²) in [5.74, 6) is 0. The molecule has 0 aromatic carbocycles. The van der Waals surface area contributed by atoms with Gasteiger partial charge in [-0.2, -0.15) is 0 Å². The van der Waals surface area contributed by atoms with E-state index >= 15 is 0 Å². The molecule has 0 aliphatic heterocycles. The molecule has 0 atom stereocenters. The second-order valence-electron chi connectivity index (χ2n) is 8.09. The average Bonchev–Trinajstić information content (AvgIpc) is 2.57. The number of hydrogen-bond acceptors (Lipinski definition) is 1. The summed E-state index contributed by atoms with van der Waals surface area (Å²) in [6, 6.07) is 0. The molecule has 0 spiro atoms. The van der Waals surface area contributed by atoms with Crippen molar-refractivity contribution in [1.29, 1.82) is 0 Å². The van der Waals surface area contributed by atoms with Crippen LogP contribution < -0.4 is 3.43 Å². The summed E-state index contributed by atoms with van der Waals surface area (Å²) in [7, 11) is 90.6. The lowest BCUT2D eigenvalue weighted by molar-refractivity contribution is 1.79. The van der Waals surface area contributed by atoms with Gasteiger partial charge in [0.05, 0.1) is 0 Å². The summed E-state index contributed by atoms with van der Waals surface area (Å²) in [5, 5.41) is 0. The maximum Gasteiger partial charge on any atom is 0.129 e. The van der Waals surface area contributed by atoms with E-state index in [0.29, 0.717) is 0 Å². The molecule has 0 amide bonds. The molecule has 0 saturated heterocycles. The van der Waals surface area contributed by atoms with Crippen LogP contribution in [0.15, 0.2) is 0 Å². The first-order valence-electron chi connectivity index (χ1n) is 10.2. The molecule has 31 radical (unpaired) electrons. The SMILES string of the molecule is [3H]N(I)B(B(B([B])B([B])[B-])B(B([B])[B])B([B])[B])B(B(B([B])[B])B([B])[B])B(B([B])[B])B([B])[B]. The Morgan fingerprint density at radius 2 is 0.774 bits per heavy atom. The van der Waals surface area contributed by atoms with Gasteiger partial charge in [-0.15, -0.1) is 0 Å². The van der Waals surface area contributed by atoms with Crippen LogP contribution in [0.2, 0.25) is 1.41 Å². The molecule has 101 valence electrons. The van der Waals surface area contributed by atoms with Crippen molar-refractivity contribution in [1.82, 2.24) is 3.43 Å². The van der Waals surface area contributed by atoms with Gasteiger partial charge >= 0.3 is 0 Å². The van der Waals surface area contributed by atoms with Crippen LogP contribution in [0.25, 0.3) is 0 Å². The zero-order valence-electron chi connectivity index (χ0n) is 18.6. The monoisotopic (exact) mass is 463 g/mol. The fourth-order valence-corrected chi connectivity index (χ4v) is 5.12. The highest BCUT2D eigenvalue weighted by atomic mass is 127. The van der Waals surface area contributed by atoms with Crippen molar-refractivity contribution < 1.29 is 1.41 Å². The van der Waals surface area contributed by atoms with Crippen molar-refractivity contribution in [2.45, 2.75) is 0 Å². The fraction of sp³-hybridized carbons (Fsp3) is 0. The number of halogens is 1. The van der Waals surface area contributed by atoms with Crippen molar-refractivity contribution in [2.24, 2.45) is 0 Å². The zero-order valence-corrected chi connectivity index (χ0v) is 19.7. The van der Waals surface area contributed by atoms with Crippen molar-refractivity contribution in [2.75, 3.05) is 0 Å². The van der Waals surface area contributed by atoms with Crippen LogP contribution in [-0.2, 0) is 0 Å². The fourth-order valence-electron chi connectivity index (χ4n) is 4.38. The van der Waals surface area contributed by atoms with Gasteiger partial charge in [0, 0.05) is 186 Å². The standard InChI is InChI=1S/B29HIN/c1-16(2)23(15)27(24(17(3)4)18(5)6)29(31-30)28(25(19(7)8)20(9)10)26(21(11)12)22(13)14/h31H/q-1/i/hT. The molecular formula is HB29IN-. The van der Waals surface area contributed by atoms with Gasteiger partial charge in [-0.3, -0.25) is 0 Å². The summed E-state index contributed by atoms with van der Waals surface area (Å²) in [5.41, 5.74) is 0. The molecule has 0 aliphatic carbocycles. The van der Waals surface area contributed by atoms with Crippen molar-refractivity contribution in [3.05, 3.63) is 0 Å². The Morgan fingerprint density at radius 3 is 0.968 bits per heavy atom. The second-order valence-corrected chi connectivity index (χ2v) is 8.65. The van der Waals surface area contributed by atoms with E-state index in [1.807, 2.05) is 0 Å². The molecule has 31 heavy (non-hydrogen) atoms. The van der Waals surface area contributed by atoms with E-state index < -0.39 is 89.6 Å². The molecular weight excluding hydrogens is 454 g/mol. The highest BCUT2D eigenvalue weighted by Gasteiger charge is 2.52. The van der Waals surface area contributed by atoms with Crippen LogP contribution in [0.3, 0.4) is 0 Å². The third kappa shape index (κ3) is 9.51. The number of rotatable bonds is 14. The molecule has 0 saturated carbocycles. The number of nitrogens with one attached hydrogen (secondary N) is 1. The first-order chi connectivity index (χ1) is 14.5. The van der Waals surface area contributed by atoms with Gasteiger partial charge in [0.25, 0.3) is 0 Å². The van der Waals surface area contributed by atoms with E-state index in [1.54, 1.807) is 22.9 Å². The minimum atomic E-state index is -1.08. The highest BCUT2D eigenvalue weighted by Crippen LogP contribution is 2.13. The van der Waals surface area contributed by atoms with E-state index in [0.717, 1.165) is 3.43 Å². The van der Waals surface area contributed by atoms with Gasteiger partial charge in [-0.1, -0.05) is 0 Å². The van der Waals surface area contributed by atoms with E-state index in [1.165, 1.54) is 0 Å². The van der Waals surface area contributed by atoms with Crippen molar-refractivity contribution >= 4 is 229 Å². The average molecular weight is 457 g/mol. The predicted octanol–water partition coefficient (Wildman–Crippen LogP) is -10.7. The zero-order chi connectivity index (χ0) is 25.7. The Balaban J connectivity index is 7.19. The lowest BCUT2D eigenvalue weighted by Gasteiger charge is -2.49. The summed E-state index contributed by atoms with van der Waals surface area (Å²) in [4.78, 5) is 0. The first kappa shape index (κ1) is 31.6. The molecule has 0 aromatic rings. The second kappa shape index (κ2) is 15.6. The largest absolute Gasteiger partial charge is 0.687 e. The summed E-state index contributed by atoms with van der Waals surface area (Å²) >= 11 is 1.71. The smallest absolute Gasteiger partial charge is 0.129 e. The maximum atomic E-state index is 8.55. The Hall–Kier alpha value is 2.57. The Labute approximate surface area is 231 Å². The Kier molecular flexibility index (Phi) is 15.9. The topological polar surface area (TPSA) is 12.0 Å². The molecule has 0 aliphatic rings. The molecule has 1 nitrogen and oxygen atoms in total. The minimum absolute atomic E-state index is 0.887. The third-order valence-electron chi connectivity index (χ3n) is 5.79. The van der Waals surface area contributed by atoms with Gasteiger partial charge in [-0.05, 0) is 21.9 Å². The van der Waals surface area contributed by atoms with E-state index in [-0.39, 0.29) is 0 Å². The van der Waals surface area contributed by atoms with Crippen molar-refractivity contribution in [3.8, 4) is 0 Å². The molecule has 0 fully saturated rings. The molecule has 1 N–H and O–H groups in total. The van der Waals surface area contributed by atoms with Crippen LogP contribution >= 0.6 is 22.9 Å².